The molecule has 5 rings (SSSR count). The Morgan fingerprint density at radius 3 is 2.62 bits per heavy atom. The molecule has 1 saturated carbocycles. The number of aliphatic hydroxyl groups excluding tert-OH is 2. The quantitative estimate of drug-likeness (QED) is 0.665. The summed E-state index contributed by atoms with van der Waals surface area (Å²) in [4.78, 5) is 15.1. The molecular formula is C27H35NO6. The molecule has 0 amide bonds. The maximum atomic E-state index is 12.7. The van der Waals surface area contributed by atoms with Crippen LogP contribution in [0.2, 0.25) is 0 Å². The summed E-state index contributed by atoms with van der Waals surface area (Å²) >= 11 is 0. The fraction of sp³-hybridized carbons (Fsp3) is 0.519. The van der Waals surface area contributed by atoms with Crippen LogP contribution in [0.5, 0.6) is 11.5 Å². The lowest BCUT2D eigenvalue weighted by molar-refractivity contribution is 0.0173. The van der Waals surface area contributed by atoms with Crippen LogP contribution in [0.1, 0.15) is 48.2 Å². The van der Waals surface area contributed by atoms with Crippen LogP contribution in [0.15, 0.2) is 42.5 Å². The SMILES string of the molecule is COc1ccc2c3c1OC1C[C@@H](OC(=O)c4ccccc4)C(C)[C@@]31CCN(C)C2.C[C@H](O)CO. The minimum Gasteiger partial charge on any atom is -0.493 e. The minimum absolute atomic E-state index is 0.00243. The van der Waals surface area contributed by atoms with Gasteiger partial charge in [-0.1, -0.05) is 31.2 Å². The number of ether oxygens (including phenoxy) is 3. The van der Waals surface area contributed by atoms with Crippen molar-refractivity contribution < 1.29 is 29.2 Å². The predicted molar refractivity (Wildman–Crippen MR) is 128 cm³/mol. The molecule has 2 unspecified atom stereocenters. The number of carbonyl (C=O) groups is 1. The van der Waals surface area contributed by atoms with Crippen LogP contribution in [0, 0.1) is 5.92 Å². The monoisotopic (exact) mass is 469 g/mol. The smallest absolute Gasteiger partial charge is 0.338 e. The van der Waals surface area contributed by atoms with Gasteiger partial charge < -0.3 is 29.3 Å². The Bertz CT molecular complexity index is 1010. The van der Waals surface area contributed by atoms with Gasteiger partial charge in [0.15, 0.2) is 11.5 Å². The Kier molecular flexibility index (Phi) is 7.17. The van der Waals surface area contributed by atoms with Crippen LogP contribution in [-0.2, 0) is 16.7 Å². The molecular weight excluding hydrogens is 434 g/mol. The molecule has 2 heterocycles. The van der Waals surface area contributed by atoms with Gasteiger partial charge in [-0.05, 0) is 50.7 Å². The van der Waals surface area contributed by atoms with Crippen LogP contribution in [0.25, 0.3) is 0 Å². The van der Waals surface area contributed by atoms with Crippen LogP contribution in [0.3, 0.4) is 0 Å². The van der Waals surface area contributed by atoms with Gasteiger partial charge >= 0.3 is 5.97 Å². The zero-order valence-corrected chi connectivity index (χ0v) is 20.4. The summed E-state index contributed by atoms with van der Waals surface area (Å²) in [5.74, 6) is 1.60. The molecule has 184 valence electrons. The Balaban J connectivity index is 0.000000499. The van der Waals surface area contributed by atoms with Crippen LogP contribution in [-0.4, -0.2) is 66.7 Å². The minimum atomic E-state index is -0.560. The average Bonchev–Trinajstić information content (AvgIpc) is 3.23. The van der Waals surface area contributed by atoms with Crippen molar-refractivity contribution in [3.63, 3.8) is 0 Å². The van der Waals surface area contributed by atoms with Crippen LogP contribution in [0.4, 0.5) is 0 Å². The largest absolute Gasteiger partial charge is 0.493 e. The number of methoxy groups -OCH3 is 1. The molecule has 2 aromatic carbocycles. The van der Waals surface area contributed by atoms with Crippen molar-refractivity contribution in [3.8, 4) is 11.5 Å². The second-order valence-corrected chi connectivity index (χ2v) is 9.63. The second-order valence-electron chi connectivity index (χ2n) is 9.63. The summed E-state index contributed by atoms with van der Waals surface area (Å²) in [6.45, 7) is 5.49. The van der Waals surface area contributed by atoms with Gasteiger partial charge in [-0.3, -0.25) is 0 Å². The van der Waals surface area contributed by atoms with Gasteiger partial charge in [0.2, 0.25) is 0 Å². The van der Waals surface area contributed by atoms with E-state index in [2.05, 4.69) is 24.9 Å². The first-order valence-corrected chi connectivity index (χ1v) is 11.9. The number of carbonyl (C=O) groups excluding carboxylic acids is 1. The predicted octanol–water partition coefficient (Wildman–Crippen LogP) is 3.15. The van der Waals surface area contributed by atoms with E-state index in [1.807, 2.05) is 24.3 Å². The van der Waals surface area contributed by atoms with E-state index in [1.54, 1.807) is 19.2 Å². The van der Waals surface area contributed by atoms with Gasteiger partial charge in [0.05, 0.1) is 25.4 Å². The van der Waals surface area contributed by atoms with Crippen molar-refractivity contribution in [2.45, 2.75) is 57.0 Å². The van der Waals surface area contributed by atoms with E-state index in [0.717, 1.165) is 31.0 Å². The molecule has 34 heavy (non-hydrogen) atoms. The van der Waals surface area contributed by atoms with Gasteiger partial charge in [0, 0.05) is 29.9 Å². The van der Waals surface area contributed by atoms with Crippen LogP contribution < -0.4 is 9.47 Å². The maximum Gasteiger partial charge on any atom is 0.338 e. The standard InChI is InChI=1S/C24H27NO4.C3H8O2/c1-15-19(28-23(26)16-7-5-4-6-8-16)13-20-24(15)11-12-25(2)14-17-9-10-18(27-3)22(29-20)21(17)24;1-3(5)2-4/h4-10,15,19-20H,11-14H2,1-3H3;3-5H,2H2,1H3/t15?,19-,20?,24-;3-/m10/s1. The number of aliphatic hydroxyl groups is 2. The molecule has 7 heteroatoms. The summed E-state index contributed by atoms with van der Waals surface area (Å²) in [5, 5.41) is 16.0. The number of hydrogen-bond donors (Lipinski definition) is 2. The van der Waals surface area contributed by atoms with Crippen molar-refractivity contribution in [1.82, 2.24) is 4.90 Å². The third-order valence-corrected chi connectivity index (χ3v) is 7.42. The molecule has 0 aromatic heterocycles. The summed E-state index contributed by atoms with van der Waals surface area (Å²) in [6, 6.07) is 13.4. The molecule has 7 nitrogen and oxygen atoms in total. The van der Waals surface area contributed by atoms with Gasteiger partial charge in [0.1, 0.15) is 12.2 Å². The van der Waals surface area contributed by atoms with E-state index in [1.165, 1.54) is 18.1 Å². The number of benzene rings is 2. The molecule has 1 aliphatic carbocycles. The fourth-order valence-corrected chi connectivity index (χ4v) is 5.65. The van der Waals surface area contributed by atoms with Crippen molar-refractivity contribution in [2.75, 3.05) is 27.3 Å². The molecule has 2 aliphatic heterocycles. The molecule has 0 radical (unpaired) electrons. The lowest BCUT2D eigenvalue weighted by Crippen LogP contribution is -2.40. The lowest BCUT2D eigenvalue weighted by Gasteiger charge is -2.34. The number of hydrogen-bond acceptors (Lipinski definition) is 7. The van der Waals surface area contributed by atoms with Gasteiger partial charge in [-0.15, -0.1) is 0 Å². The molecule has 0 bridgehead atoms. The van der Waals surface area contributed by atoms with Gasteiger partial charge in [-0.25, -0.2) is 4.79 Å². The van der Waals surface area contributed by atoms with Gasteiger partial charge in [0.25, 0.3) is 0 Å². The van der Waals surface area contributed by atoms with Crippen LogP contribution >= 0.6 is 0 Å². The van der Waals surface area contributed by atoms with E-state index in [-0.39, 0.29) is 36.1 Å². The molecule has 3 aliphatic rings. The third kappa shape index (κ3) is 4.28. The van der Waals surface area contributed by atoms with Crippen molar-refractivity contribution >= 4 is 5.97 Å². The second kappa shape index (κ2) is 9.94. The normalized spacial score (nSPS) is 27.9. The first kappa shape index (κ1) is 24.5. The first-order chi connectivity index (χ1) is 16.3. The molecule has 0 saturated heterocycles. The zero-order chi connectivity index (χ0) is 24.5. The van der Waals surface area contributed by atoms with E-state index in [4.69, 9.17) is 24.4 Å². The van der Waals surface area contributed by atoms with E-state index in [0.29, 0.717) is 12.0 Å². The summed E-state index contributed by atoms with van der Waals surface area (Å²) in [7, 11) is 3.86. The molecule has 1 spiro atoms. The Labute approximate surface area is 201 Å². The van der Waals surface area contributed by atoms with Crippen molar-refractivity contribution in [1.29, 1.82) is 0 Å². The summed E-state index contributed by atoms with van der Waals surface area (Å²) in [6.07, 6.45) is 0.976. The van der Waals surface area contributed by atoms with Crippen molar-refractivity contribution in [3.05, 3.63) is 59.2 Å². The Hall–Kier alpha value is -2.61. The third-order valence-electron chi connectivity index (χ3n) is 7.42. The maximum absolute atomic E-state index is 12.7. The topological polar surface area (TPSA) is 88.5 Å². The molecule has 2 aromatic rings. The first-order valence-electron chi connectivity index (χ1n) is 11.9. The van der Waals surface area contributed by atoms with Crippen molar-refractivity contribution in [2.24, 2.45) is 5.92 Å². The van der Waals surface area contributed by atoms with E-state index in [9.17, 15) is 4.79 Å². The number of esters is 1. The fourth-order valence-electron chi connectivity index (χ4n) is 5.65. The molecule has 5 atom stereocenters. The number of nitrogens with zero attached hydrogens (tertiary/aromatic N) is 1. The molecule has 2 N–H and O–H groups in total. The Morgan fingerprint density at radius 2 is 1.97 bits per heavy atom. The lowest BCUT2D eigenvalue weighted by atomic mass is 9.69. The van der Waals surface area contributed by atoms with E-state index >= 15 is 0 Å². The number of rotatable bonds is 4. The average molecular weight is 470 g/mol. The highest BCUT2D eigenvalue weighted by molar-refractivity contribution is 5.89. The van der Waals surface area contributed by atoms with Gasteiger partial charge in [-0.2, -0.15) is 0 Å². The summed E-state index contributed by atoms with van der Waals surface area (Å²) in [5.41, 5.74) is 3.02. The summed E-state index contributed by atoms with van der Waals surface area (Å²) < 4.78 is 18.1. The zero-order valence-electron chi connectivity index (χ0n) is 20.4. The molecule has 1 fully saturated rings. The highest BCUT2D eigenvalue weighted by Gasteiger charge is 2.62. The highest BCUT2D eigenvalue weighted by Crippen LogP contribution is 2.61. The highest BCUT2D eigenvalue weighted by atomic mass is 16.6. The Morgan fingerprint density at radius 1 is 1.26 bits per heavy atom. The van der Waals surface area contributed by atoms with E-state index < -0.39 is 6.10 Å².